The van der Waals surface area contributed by atoms with E-state index in [4.69, 9.17) is 55.9 Å². The molecule has 3 amide bonds. The van der Waals surface area contributed by atoms with Crippen molar-refractivity contribution in [1.82, 2.24) is 15.5 Å². The van der Waals surface area contributed by atoms with Crippen molar-refractivity contribution in [2.45, 2.75) is 0 Å². The van der Waals surface area contributed by atoms with Gasteiger partial charge in [-0.25, -0.2) is 0 Å². The van der Waals surface area contributed by atoms with Gasteiger partial charge in [-0.05, 0) is 24.3 Å². The number of amides is 3. The summed E-state index contributed by atoms with van der Waals surface area (Å²) >= 11 is 23.4. The van der Waals surface area contributed by atoms with Gasteiger partial charge in [0.2, 0.25) is 5.91 Å². The first-order chi connectivity index (χ1) is 15.2. The van der Waals surface area contributed by atoms with Crippen LogP contribution in [0, 0.1) is 0 Å². The number of hydrogen-bond acceptors (Lipinski definition) is 5. The molecule has 0 unspecified atom stereocenters. The second kappa shape index (κ2) is 12.6. The van der Waals surface area contributed by atoms with Crippen LogP contribution in [0.2, 0.25) is 20.1 Å². The molecule has 0 aliphatic carbocycles. The summed E-state index contributed by atoms with van der Waals surface area (Å²) in [4.78, 5) is 37.1. The maximum atomic E-state index is 12.1. The lowest BCUT2D eigenvalue weighted by atomic mass is 10.3. The molecule has 0 bridgehead atoms. The van der Waals surface area contributed by atoms with Crippen molar-refractivity contribution < 1.29 is 23.9 Å². The smallest absolute Gasteiger partial charge is 0.259 e. The zero-order valence-corrected chi connectivity index (χ0v) is 19.8. The molecule has 0 aliphatic heterocycles. The second-order valence-corrected chi connectivity index (χ2v) is 7.98. The minimum Gasteiger partial charge on any atom is -0.484 e. The van der Waals surface area contributed by atoms with Crippen LogP contribution in [0.3, 0.4) is 0 Å². The van der Waals surface area contributed by atoms with E-state index in [1.165, 1.54) is 24.1 Å². The Bertz CT molecular complexity index is 990. The topological polar surface area (TPSA) is 97.0 Å². The minimum absolute atomic E-state index is 0.0714. The highest BCUT2D eigenvalue weighted by Crippen LogP contribution is 2.27. The molecule has 0 saturated carbocycles. The summed E-state index contributed by atoms with van der Waals surface area (Å²) < 4.78 is 10.6. The van der Waals surface area contributed by atoms with E-state index >= 15 is 0 Å². The highest BCUT2D eigenvalue weighted by Gasteiger charge is 2.13. The second-order valence-electron chi connectivity index (χ2n) is 6.36. The summed E-state index contributed by atoms with van der Waals surface area (Å²) in [7, 11) is 1.47. The third-order valence-electron chi connectivity index (χ3n) is 3.90. The van der Waals surface area contributed by atoms with Gasteiger partial charge >= 0.3 is 0 Å². The van der Waals surface area contributed by atoms with E-state index in [0.717, 1.165) is 0 Å². The first-order valence-corrected chi connectivity index (χ1v) is 10.6. The molecule has 0 radical (unpaired) electrons. The molecule has 0 aromatic heterocycles. The first kappa shape index (κ1) is 25.9. The number of benzene rings is 2. The number of nitrogens with one attached hydrogen (secondary N) is 2. The summed E-state index contributed by atoms with van der Waals surface area (Å²) in [6.45, 7) is -0.922. The molecule has 0 heterocycles. The molecule has 0 saturated heterocycles. The number of carbonyl (C=O) groups is 3. The van der Waals surface area contributed by atoms with E-state index in [9.17, 15) is 14.4 Å². The van der Waals surface area contributed by atoms with Crippen LogP contribution in [0.1, 0.15) is 0 Å². The van der Waals surface area contributed by atoms with Crippen molar-refractivity contribution >= 4 is 64.1 Å². The molecule has 8 nitrogen and oxygen atoms in total. The van der Waals surface area contributed by atoms with Gasteiger partial charge in [-0.1, -0.05) is 46.4 Å². The lowest BCUT2D eigenvalue weighted by Gasteiger charge is -2.18. The Balaban J connectivity index is 1.65. The van der Waals surface area contributed by atoms with Crippen molar-refractivity contribution in [3.05, 3.63) is 56.5 Å². The molecule has 32 heavy (non-hydrogen) atoms. The average molecular weight is 523 g/mol. The summed E-state index contributed by atoms with van der Waals surface area (Å²) in [5.41, 5.74) is 0. The largest absolute Gasteiger partial charge is 0.484 e. The van der Waals surface area contributed by atoms with Crippen LogP contribution in [-0.4, -0.2) is 56.1 Å². The van der Waals surface area contributed by atoms with E-state index in [2.05, 4.69) is 10.6 Å². The maximum Gasteiger partial charge on any atom is 0.259 e. The lowest BCUT2D eigenvalue weighted by molar-refractivity contribution is -0.133. The van der Waals surface area contributed by atoms with E-state index in [1.807, 2.05) is 0 Å². The van der Waals surface area contributed by atoms with E-state index < -0.39 is 17.7 Å². The Kier molecular flexibility index (Phi) is 10.2. The average Bonchev–Trinajstić information content (AvgIpc) is 2.77. The van der Waals surface area contributed by atoms with Crippen LogP contribution in [0.4, 0.5) is 0 Å². The molecule has 2 rings (SSSR count). The van der Waals surface area contributed by atoms with Gasteiger partial charge < -0.3 is 25.0 Å². The van der Waals surface area contributed by atoms with Crippen LogP contribution >= 0.6 is 46.4 Å². The number of carbonyl (C=O) groups excluding carboxylic acids is 3. The third kappa shape index (κ3) is 8.63. The van der Waals surface area contributed by atoms with Crippen LogP contribution in [0.25, 0.3) is 0 Å². The Hall–Kier alpha value is -2.39. The van der Waals surface area contributed by atoms with Gasteiger partial charge in [-0.3, -0.25) is 14.4 Å². The quantitative estimate of drug-likeness (QED) is 0.466. The predicted octanol–water partition coefficient (Wildman–Crippen LogP) is 3.41. The van der Waals surface area contributed by atoms with Crippen molar-refractivity contribution in [3.63, 3.8) is 0 Å². The third-order valence-corrected chi connectivity index (χ3v) is 5.38. The number of halogens is 4. The summed E-state index contributed by atoms with van der Waals surface area (Å²) in [5.74, 6) is -0.626. The lowest BCUT2D eigenvalue weighted by Crippen LogP contribution is -2.45. The SMILES string of the molecule is CN(CNC(=O)COc1ccc(Cl)c(Cl)c1)C(=O)CNC(=O)COc1ccc(Cl)c(Cl)c1. The van der Waals surface area contributed by atoms with Crippen LogP contribution < -0.4 is 20.1 Å². The molecule has 2 aromatic carbocycles. The van der Waals surface area contributed by atoms with Gasteiger partial charge in [0.1, 0.15) is 11.5 Å². The van der Waals surface area contributed by atoms with Gasteiger partial charge in [0.05, 0.1) is 33.3 Å². The molecular formula is C20H19Cl4N3O5. The molecule has 0 atom stereocenters. The molecule has 2 N–H and O–H groups in total. The molecule has 0 fully saturated rings. The highest BCUT2D eigenvalue weighted by atomic mass is 35.5. The van der Waals surface area contributed by atoms with Crippen LogP contribution in [-0.2, 0) is 14.4 Å². The van der Waals surface area contributed by atoms with Crippen molar-refractivity contribution in [3.8, 4) is 11.5 Å². The standard InChI is InChI=1S/C20H19Cl4N3O5/c1-27(11-26-19(29)10-32-13-3-5-15(22)17(24)7-13)20(30)8-25-18(28)9-31-12-2-4-14(21)16(23)6-12/h2-7H,8-11H2,1H3,(H,25,28)(H,26,29). The molecule has 0 aliphatic rings. The Labute approximate surface area is 204 Å². The number of nitrogens with zero attached hydrogens (tertiary/aromatic N) is 1. The molecular weight excluding hydrogens is 504 g/mol. The fourth-order valence-corrected chi connectivity index (χ4v) is 2.71. The van der Waals surface area contributed by atoms with E-state index in [-0.39, 0.29) is 26.4 Å². The highest BCUT2D eigenvalue weighted by molar-refractivity contribution is 6.42. The monoisotopic (exact) mass is 521 g/mol. The van der Waals surface area contributed by atoms with Crippen LogP contribution in [0.15, 0.2) is 36.4 Å². The number of hydrogen-bond donors (Lipinski definition) is 2. The fourth-order valence-electron chi connectivity index (χ4n) is 2.14. The Morgan fingerprint density at radius 3 is 1.72 bits per heavy atom. The van der Waals surface area contributed by atoms with E-state index in [1.54, 1.807) is 24.3 Å². The normalized spacial score (nSPS) is 10.3. The van der Waals surface area contributed by atoms with Gasteiger partial charge in [-0.2, -0.15) is 0 Å². The van der Waals surface area contributed by atoms with Crippen molar-refractivity contribution in [2.24, 2.45) is 0 Å². The van der Waals surface area contributed by atoms with Crippen molar-refractivity contribution in [1.29, 1.82) is 0 Å². The summed E-state index contributed by atoms with van der Waals surface area (Å²) in [6, 6.07) is 9.19. The molecule has 172 valence electrons. The number of ether oxygens (including phenoxy) is 2. The summed E-state index contributed by atoms with van der Waals surface area (Å²) in [6.07, 6.45) is 0. The first-order valence-electron chi connectivity index (χ1n) is 9.08. The van der Waals surface area contributed by atoms with Crippen LogP contribution in [0.5, 0.6) is 11.5 Å². The molecule has 0 spiro atoms. The molecule has 2 aromatic rings. The Morgan fingerprint density at radius 2 is 1.25 bits per heavy atom. The Morgan fingerprint density at radius 1 is 0.781 bits per heavy atom. The molecule has 12 heteroatoms. The number of likely N-dealkylation sites (N-methyl/N-ethyl adjacent to an activating group) is 1. The minimum atomic E-state index is -0.503. The van der Waals surface area contributed by atoms with Gasteiger partial charge in [0.25, 0.3) is 11.8 Å². The fraction of sp³-hybridized carbons (Fsp3) is 0.250. The van der Waals surface area contributed by atoms with Gasteiger partial charge in [0.15, 0.2) is 13.2 Å². The predicted molar refractivity (Wildman–Crippen MR) is 123 cm³/mol. The maximum absolute atomic E-state index is 12.1. The van der Waals surface area contributed by atoms with E-state index in [0.29, 0.717) is 31.6 Å². The zero-order valence-electron chi connectivity index (χ0n) is 16.8. The van der Waals surface area contributed by atoms with Gasteiger partial charge in [0, 0.05) is 19.2 Å². The van der Waals surface area contributed by atoms with Gasteiger partial charge in [-0.15, -0.1) is 0 Å². The zero-order chi connectivity index (χ0) is 23.7. The number of rotatable bonds is 10. The summed E-state index contributed by atoms with van der Waals surface area (Å²) in [5, 5.41) is 6.29. The van der Waals surface area contributed by atoms with Crippen molar-refractivity contribution in [2.75, 3.05) is 33.5 Å².